The smallest absolute Gasteiger partial charge is 0.166 e. The van der Waals surface area contributed by atoms with Gasteiger partial charge in [0.25, 0.3) is 0 Å². The van der Waals surface area contributed by atoms with E-state index in [4.69, 9.17) is 4.74 Å². The lowest BCUT2D eigenvalue weighted by Crippen LogP contribution is -2.56. The van der Waals surface area contributed by atoms with Gasteiger partial charge in [-0.2, -0.15) is 0 Å². The van der Waals surface area contributed by atoms with Crippen molar-refractivity contribution in [3.05, 3.63) is 54.1 Å². The molecule has 6 nitrogen and oxygen atoms in total. The number of rotatable bonds is 6. The van der Waals surface area contributed by atoms with Crippen molar-refractivity contribution in [2.45, 2.75) is 19.1 Å². The van der Waals surface area contributed by atoms with Crippen molar-refractivity contribution < 1.29 is 9.13 Å². The number of benzene rings is 1. The predicted octanol–water partition coefficient (Wildman–Crippen LogP) is 1.86. The third kappa shape index (κ3) is 4.19. The zero-order valence-corrected chi connectivity index (χ0v) is 14.6. The van der Waals surface area contributed by atoms with Gasteiger partial charge in [-0.1, -0.05) is 6.07 Å². The first kappa shape index (κ1) is 17.4. The molecule has 0 aliphatic carbocycles. The molecule has 0 bridgehead atoms. The number of nitrogens with one attached hydrogen (secondary N) is 3. The standard InChI is InChI=1S/C19H24FN5O/c20-17-8-14(3-4-18(17)26-16-2-1-6-21-12-16)9-22-10-15-11-23-19-5-7-24-25(19)13-15/h1-4,6,8,12,15,19,22-24H,5,7,9-11,13H2. The van der Waals surface area contributed by atoms with Crippen molar-refractivity contribution in [1.82, 2.24) is 26.1 Å². The van der Waals surface area contributed by atoms with E-state index in [1.165, 1.54) is 6.07 Å². The Morgan fingerprint density at radius 2 is 2.31 bits per heavy atom. The molecule has 0 radical (unpaired) electrons. The molecule has 0 spiro atoms. The third-order valence-corrected chi connectivity index (χ3v) is 4.83. The molecule has 3 heterocycles. The molecule has 2 aliphatic rings. The first-order valence-corrected chi connectivity index (χ1v) is 9.08. The minimum atomic E-state index is -0.364. The first-order chi connectivity index (χ1) is 12.8. The summed E-state index contributed by atoms with van der Waals surface area (Å²) in [4.78, 5) is 3.96. The lowest BCUT2D eigenvalue weighted by Gasteiger charge is -2.35. The van der Waals surface area contributed by atoms with Crippen LogP contribution in [0.15, 0.2) is 42.7 Å². The van der Waals surface area contributed by atoms with Crippen molar-refractivity contribution in [3.8, 4) is 11.5 Å². The van der Waals surface area contributed by atoms with E-state index in [0.717, 1.165) is 38.2 Å². The fraction of sp³-hybridized carbons (Fsp3) is 0.421. The van der Waals surface area contributed by atoms with Gasteiger partial charge in [0.15, 0.2) is 11.6 Å². The van der Waals surface area contributed by atoms with E-state index in [9.17, 15) is 4.39 Å². The van der Waals surface area contributed by atoms with Gasteiger partial charge in [-0.3, -0.25) is 10.4 Å². The Bertz CT molecular complexity index is 729. The van der Waals surface area contributed by atoms with Crippen molar-refractivity contribution in [2.24, 2.45) is 5.92 Å². The zero-order chi connectivity index (χ0) is 17.8. The maximum Gasteiger partial charge on any atom is 0.166 e. The number of ether oxygens (including phenoxy) is 1. The maximum absolute atomic E-state index is 14.3. The van der Waals surface area contributed by atoms with Crippen LogP contribution < -0.4 is 20.8 Å². The lowest BCUT2D eigenvalue weighted by molar-refractivity contribution is 0.0904. The topological polar surface area (TPSA) is 61.5 Å². The van der Waals surface area contributed by atoms with Gasteiger partial charge in [-0.05, 0) is 42.2 Å². The molecule has 0 amide bonds. The maximum atomic E-state index is 14.3. The highest BCUT2D eigenvalue weighted by molar-refractivity contribution is 5.33. The number of fused-ring (bicyclic) bond motifs is 1. The molecule has 2 saturated heterocycles. The summed E-state index contributed by atoms with van der Waals surface area (Å²) in [6, 6.07) is 8.58. The number of nitrogens with zero attached hydrogens (tertiary/aromatic N) is 2. The van der Waals surface area contributed by atoms with Gasteiger partial charge in [0.2, 0.25) is 0 Å². The third-order valence-electron chi connectivity index (χ3n) is 4.83. The van der Waals surface area contributed by atoms with E-state index in [0.29, 0.717) is 24.4 Å². The summed E-state index contributed by atoms with van der Waals surface area (Å²) < 4.78 is 19.8. The molecule has 4 rings (SSSR count). The van der Waals surface area contributed by atoms with Crippen molar-refractivity contribution in [2.75, 3.05) is 26.2 Å². The number of hydrazine groups is 1. The molecule has 0 saturated carbocycles. The first-order valence-electron chi connectivity index (χ1n) is 9.08. The summed E-state index contributed by atoms with van der Waals surface area (Å²) in [5, 5.41) is 9.29. The molecule has 26 heavy (non-hydrogen) atoms. The van der Waals surface area contributed by atoms with Crippen LogP contribution in [0, 0.1) is 11.7 Å². The fourth-order valence-electron chi connectivity index (χ4n) is 3.49. The number of halogens is 1. The molecule has 2 fully saturated rings. The Kier molecular flexibility index (Phi) is 5.40. The van der Waals surface area contributed by atoms with Gasteiger partial charge in [0.1, 0.15) is 5.75 Å². The number of hydrogen-bond donors (Lipinski definition) is 3. The Labute approximate surface area is 152 Å². The van der Waals surface area contributed by atoms with Gasteiger partial charge in [0.05, 0.1) is 12.4 Å². The van der Waals surface area contributed by atoms with Crippen LogP contribution >= 0.6 is 0 Å². The predicted molar refractivity (Wildman–Crippen MR) is 97.0 cm³/mol. The Hall–Kier alpha value is -2.06. The summed E-state index contributed by atoms with van der Waals surface area (Å²) in [7, 11) is 0. The minimum absolute atomic E-state index is 0.212. The fourth-order valence-corrected chi connectivity index (χ4v) is 3.49. The largest absolute Gasteiger partial charge is 0.453 e. The van der Waals surface area contributed by atoms with Crippen LogP contribution in [0.1, 0.15) is 12.0 Å². The molecule has 3 N–H and O–H groups in total. The van der Waals surface area contributed by atoms with Crippen LogP contribution in [0.3, 0.4) is 0 Å². The highest BCUT2D eigenvalue weighted by Crippen LogP contribution is 2.24. The molecule has 2 unspecified atom stereocenters. The SMILES string of the molecule is Fc1cc(CNCC2CNC3CCNN3C2)ccc1Oc1cccnc1. The van der Waals surface area contributed by atoms with E-state index >= 15 is 0 Å². The van der Waals surface area contributed by atoms with E-state index in [2.05, 4.69) is 26.1 Å². The minimum Gasteiger partial charge on any atom is -0.453 e. The van der Waals surface area contributed by atoms with Crippen LogP contribution in [-0.4, -0.2) is 42.3 Å². The number of aromatic nitrogens is 1. The monoisotopic (exact) mass is 357 g/mol. The van der Waals surface area contributed by atoms with Gasteiger partial charge >= 0.3 is 0 Å². The second kappa shape index (κ2) is 8.09. The van der Waals surface area contributed by atoms with Crippen LogP contribution in [0.2, 0.25) is 0 Å². The normalized spacial score (nSPS) is 23.0. The highest BCUT2D eigenvalue weighted by Gasteiger charge is 2.30. The molecular weight excluding hydrogens is 333 g/mol. The Balaban J connectivity index is 1.27. The quantitative estimate of drug-likeness (QED) is 0.734. The molecule has 1 aromatic heterocycles. The van der Waals surface area contributed by atoms with E-state index in [-0.39, 0.29) is 11.6 Å². The van der Waals surface area contributed by atoms with Gasteiger partial charge in [-0.15, -0.1) is 0 Å². The van der Waals surface area contributed by atoms with Crippen LogP contribution in [0.4, 0.5) is 4.39 Å². The van der Waals surface area contributed by atoms with Gasteiger partial charge in [0, 0.05) is 38.9 Å². The summed E-state index contributed by atoms with van der Waals surface area (Å²) in [6.07, 6.45) is 4.85. The molecule has 2 aromatic rings. The molecule has 7 heteroatoms. The van der Waals surface area contributed by atoms with Crippen molar-refractivity contribution in [1.29, 1.82) is 0 Å². The van der Waals surface area contributed by atoms with Crippen LogP contribution in [-0.2, 0) is 6.54 Å². The number of hydrogen-bond acceptors (Lipinski definition) is 6. The Morgan fingerprint density at radius 3 is 3.15 bits per heavy atom. The average molecular weight is 357 g/mol. The summed E-state index contributed by atoms with van der Waals surface area (Å²) in [6.45, 7) is 4.63. The average Bonchev–Trinajstić information content (AvgIpc) is 3.13. The molecule has 2 aliphatic heterocycles. The molecular formula is C19H24FN5O. The van der Waals surface area contributed by atoms with E-state index < -0.39 is 0 Å². The molecule has 1 aromatic carbocycles. The van der Waals surface area contributed by atoms with Gasteiger partial charge in [-0.25, -0.2) is 9.40 Å². The van der Waals surface area contributed by atoms with E-state index in [1.54, 1.807) is 30.6 Å². The van der Waals surface area contributed by atoms with Crippen LogP contribution in [0.5, 0.6) is 11.5 Å². The van der Waals surface area contributed by atoms with Crippen LogP contribution in [0.25, 0.3) is 0 Å². The summed E-state index contributed by atoms with van der Waals surface area (Å²) in [5.41, 5.74) is 4.31. The lowest BCUT2D eigenvalue weighted by atomic mass is 10.1. The molecule has 2 atom stereocenters. The molecule has 138 valence electrons. The summed E-state index contributed by atoms with van der Waals surface area (Å²) >= 11 is 0. The summed E-state index contributed by atoms with van der Waals surface area (Å²) in [5.74, 6) is 0.909. The highest BCUT2D eigenvalue weighted by atomic mass is 19.1. The van der Waals surface area contributed by atoms with Crippen molar-refractivity contribution in [3.63, 3.8) is 0 Å². The van der Waals surface area contributed by atoms with E-state index in [1.807, 2.05) is 6.07 Å². The second-order valence-electron chi connectivity index (χ2n) is 6.83. The zero-order valence-electron chi connectivity index (χ0n) is 14.6. The Morgan fingerprint density at radius 1 is 1.35 bits per heavy atom. The van der Waals surface area contributed by atoms with Crippen molar-refractivity contribution >= 4 is 0 Å². The second-order valence-corrected chi connectivity index (χ2v) is 6.83. The number of pyridine rings is 1. The van der Waals surface area contributed by atoms with Gasteiger partial charge < -0.3 is 15.4 Å².